The summed E-state index contributed by atoms with van der Waals surface area (Å²) in [6.45, 7) is 7.46. The molecule has 1 aromatic carbocycles. The maximum absolute atomic E-state index is 12.5. The molecular formula is C16H22N6O2. The average Bonchev–Trinajstić information content (AvgIpc) is 3.16. The highest BCUT2D eigenvalue weighted by Crippen LogP contribution is 2.11. The van der Waals surface area contributed by atoms with Crippen molar-refractivity contribution in [2.24, 2.45) is 0 Å². The van der Waals surface area contributed by atoms with E-state index in [1.807, 2.05) is 19.1 Å². The summed E-state index contributed by atoms with van der Waals surface area (Å²) in [5.74, 6) is -0.0995. The first-order valence-corrected chi connectivity index (χ1v) is 8.11. The van der Waals surface area contributed by atoms with Crippen LogP contribution in [-0.2, 0) is 4.74 Å². The summed E-state index contributed by atoms with van der Waals surface area (Å²) < 4.78 is 6.91. The molecule has 8 heteroatoms. The summed E-state index contributed by atoms with van der Waals surface area (Å²) in [6, 6.07) is 7.52. The summed E-state index contributed by atoms with van der Waals surface area (Å²) in [5.41, 5.74) is 1.34. The topological polar surface area (TPSA) is 85.2 Å². The number of nitrogens with one attached hydrogen (secondary N) is 1. The van der Waals surface area contributed by atoms with Gasteiger partial charge in [0.05, 0.1) is 18.9 Å². The molecule has 1 amide bonds. The minimum atomic E-state index is -0.0995. The van der Waals surface area contributed by atoms with Crippen LogP contribution in [0.1, 0.15) is 24.2 Å². The molecule has 0 saturated carbocycles. The third-order valence-electron chi connectivity index (χ3n) is 4.43. The number of amides is 1. The normalized spacial score (nSPS) is 18.1. The van der Waals surface area contributed by atoms with Gasteiger partial charge in [0, 0.05) is 30.7 Å². The lowest BCUT2D eigenvalue weighted by molar-refractivity contribution is 0.0137. The van der Waals surface area contributed by atoms with Gasteiger partial charge in [0.2, 0.25) is 0 Å². The predicted octanol–water partition coefficient (Wildman–Crippen LogP) is 0.501. The Labute approximate surface area is 140 Å². The second-order valence-corrected chi connectivity index (χ2v) is 5.96. The molecule has 2 atom stereocenters. The van der Waals surface area contributed by atoms with Crippen molar-refractivity contribution in [2.45, 2.75) is 25.9 Å². The van der Waals surface area contributed by atoms with Gasteiger partial charge >= 0.3 is 0 Å². The molecule has 2 aromatic rings. The molecule has 0 radical (unpaired) electrons. The van der Waals surface area contributed by atoms with Crippen LogP contribution >= 0.6 is 0 Å². The molecule has 0 spiro atoms. The van der Waals surface area contributed by atoms with Crippen molar-refractivity contribution in [1.29, 1.82) is 0 Å². The van der Waals surface area contributed by atoms with Crippen molar-refractivity contribution >= 4 is 5.91 Å². The highest BCUT2D eigenvalue weighted by Gasteiger charge is 2.23. The van der Waals surface area contributed by atoms with Crippen molar-refractivity contribution in [1.82, 2.24) is 30.4 Å². The van der Waals surface area contributed by atoms with Gasteiger partial charge in [0.15, 0.2) is 0 Å². The average molecular weight is 330 g/mol. The molecule has 3 rings (SSSR count). The zero-order valence-corrected chi connectivity index (χ0v) is 13.9. The molecule has 2 unspecified atom stereocenters. The van der Waals surface area contributed by atoms with Crippen molar-refractivity contribution in [3.63, 3.8) is 0 Å². The van der Waals surface area contributed by atoms with E-state index in [1.165, 1.54) is 11.0 Å². The third-order valence-corrected chi connectivity index (χ3v) is 4.43. The van der Waals surface area contributed by atoms with Crippen molar-refractivity contribution in [3.05, 3.63) is 36.2 Å². The first-order valence-electron chi connectivity index (χ1n) is 8.11. The number of benzene rings is 1. The smallest absolute Gasteiger partial charge is 0.251 e. The second-order valence-electron chi connectivity index (χ2n) is 5.96. The maximum atomic E-state index is 12.5. The summed E-state index contributed by atoms with van der Waals surface area (Å²) in [5, 5.41) is 14.2. The van der Waals surface area contributed by atoms with Crippen LogP contribution in [-0.4, -0.2) is 69.4 Å². The second kappa shape index (κ2) is 7.50. The molecule has 0 bridgehead atoms. The van der Waals surface area contributed by atoms with Crippen LogP contribution in [0.15, 0.2) is 30.6 Å². The monoisotopic (exact) mass is 330 g/mol. The molecular weight excluding hydrogens is 308 g/mol. The number of carbonyl (C=O) groups is 1. The molecule has 24 heavy (non-hydrogen) atoms. The van der Waals surface area contributed by atoms with Crippen molar-refractivity contribution in [2.75, 3.05) is 26.3 Å². The Morgan fingerprint density at radius 3 is 2.79 bits per heavy atom. The number of aromatic nitrogens is 4. The minimum absolute atomic E-state index is 0.0345. The number of hydrogen-bond donors (Lipinski definition) is 1. The molecule has 1 saturated heterocycles. The van der Waals surface area contributed by atoms with Gasteiger partial charge in [0.1, 0.15) is 6.33 Å². The molecule has 1 aromatic heterocycles. The number of tetrazole rings is 1. The van der Waals surface area contributed by atoms with E-state index in [2.05, 4.69) is 32.7 Å². The standard InChI is InChI=1S/C16H22N6O2/c1-12(13(2)21-6-8-24-9-7-21)18-16(23)14-4-3-5-15(10-14)22-11-17-19-20-22/h3-5,10-13H,6-9H2,1-2H3,(H,18,23). The Morgan fingerprint density at radius 2 is 2.08 bits per heavy atom. The highest BCUT2D eigenvalue weighted by molar-refractivity contribution is 5.94. The Kier molecular flexibility index (Phi) is 5.17. The van der Waals surface area contributed by atoms with Crippen molar-refractivity contribution in [3.8, 4) is 5.69 Å². The van der Waals surface area contributed by atoms with Crippen LogP contribution in [0.4, 0.5) is 0 Å². The molecule has 1 N–H and O–H groups in total. The third kappa shape index (κ3) is 3.77. The van der Waals surface area contributed by atoms with E-state index in [4.69, 9.17) is 4.74 Å². The number of carbonyl (C=O) groups excluding carboxylic acids is 1. The van der Waals surface area contributed by atoms with Crippen LogP contribution in [0.25, 0.3) is 5.69 Å². The molecule has 8 nitrogen and oxygen atoms in total. The van der Waals surface area contributed by atoms with Gasteiger partial charge in [-0.2, -0.15) is 0 Å². The summed E-state index contributed by atoms with van der Waals surface area (Å²) in [7, 11) is 0. The molecule has 1 fully saturated rings. The van der Waals surface area contributed by atoms with Crippen LogP contribution in [0.3, 0.4) is 0 Å². The van der Waals surface area contributed by atoms with Gasteiger partial charge in [-0.15, -0.1) is 5.10 Å². The lowest BCUT2D eigenvalue weighted by Crippen LogP contribution is -2.52. The fraction of sp³-hybridized carbons (Fsp3) is 0.500. The zero-order chi connectivity index (χ0) is 16.9. The van der Waals surface area contributed by atoms with E-state index < -0.39 is 0 Å². The summed E-state index contributed by atoms with van der Waals surface area (Å²) in [4.78, 5) is 14.9. The van der Waals surface area contributed by atoms with Crippen molar-refractivity contribution < 1.29 is 9.53 Å². The van der Waals surface area contributed by atoms with Crippen LogP contribution in [0, 0.1) is 0 Å². The Balaban J connectivity index is 1.65. The van der Waals surface area contributed by atoms with Gasteiger partial charge in [-0.1, -0.05) is 6.07 Å². The quantitative estimate of drug-likeness (QED) is 0.859. The van der Waals surface area contributed by atoms with E-state index in [-0.39, 0.29) is 18.0 Å². The molecule has 1 aliphatic heterocycles. The molecule has 2 heterocycles. The van der Waals surface area contributed by atoms with Gasteiger partial charge < -0.3 is 10.1 Å². The van der Waals surface area contributed by atoms with Crippen LogP contribution in [0.2, 0.25) is 0 Å². The predicted molar refractivity (Wildman–Crippen MR) is 87.9 cm³/mol. The van der Waals surface area contributed by atoms with E-state index in [0.717, 1.165) is 32.0 Å². The highest BCUT2D eigenvalue weighted by atomic mass is 16.5. The van der Waals surface area contributed by atoms with E-state index >= 15 is 0 Å². The summed E-state index contributed by atoms with van der Waals surface area (Å²) >= 11 is 0. The summed E-state index contributed by atoms with van der Waals surface area (Å²) in [6.07, 6.45) is 1.50. The van der Waals surface area contributed by atoms with Crippen LogP contribution in [0.5, 0.6) is 0 Å². The number of hydrogen-bond acceptors (Lipinski definition) is 6. The van der Waals surface area contributed by atoms with Crippen LogP contribution < -0.4 is 5.32 Å². The SMILES string of the molecule is CC(NC(=O)c1cccc(-n2cnnn2)c1)C(C)N1CCOCC1. The van der Waals surface area contributed by atoms with E-state index in [0.29, 0.717) is 5.56 Å². The number of morpholine rings is 1. The lowest BCUT2D eigenvalue weighted by atomic mass is 10.1. The van der Waals surface area contributed by atoms with Gasteiger partial charge in [-0.25, -0.2) is 4.68 Å². The molecule has 0 aliphatic carbocycles. The maximum Gasteiger partial charge on any atom is 0.251 e. The Bertz CT molecular complexity index is 669. The molecule has 1 aliphatic rings. The van der Waals surface area contributed by atoms with E-state index in [1.54, 1.807) is 12.1 Å². The zero-order valence-electron chi connectivity index (χ0n) is 13.9. The Morgan fingerprint density at radius 1 is 1.29 bits per heavy atom. The fourth-order valence-electron chi connectivity index (χ4n) is 2.78. The first-order chi connectivity index (χ1) is 11.6. The van der Waals surface area contributed by atoms with Gasteiger partial charge in [-0.05, 0) is 42.5 Å². The molecule has 128 valence electrons. The number of ether oxygens (including phenoxy) is 1. The largest absolute Gasteiger partial charge is 0.379 e. The Hall–Kier alpha value is -2.32. The first kappa shape index (κ1) is 16.5. The fourth-order valence-corrected chi connectivity index (χ4v) is 2.78. The van der Waals surface area contributed by atoms with Gasteiger partial charge in [0.25, 0.3) is 5.91 Å². The number of nitrogens with zero attached hydrogens (tertiary/aromatic N) is 5. The number of rotatable bonds is 5. The lowest BCUT2D eigenvalue weighted by Gasteiger charge is -2.35. The minimum Gasteiger partial charge on any atom is -0.379 e. The van der Waals surface area contributed by atoms with E-state index in [9.17, 15) is 4.79 Å². The van der Waals surface area contributed by atoms with Gasteiger partial charge in [-0.3, -0.25) is 9.69 Å².